The van der Waals surface area contributed by atoms with Crippen LogP contribution in [0.25, 0.3) is 0 Å². The molecule has 0 aliphatic heterocycles. The molecule has 1 atom stereocenters. The molecule has 0 aliphatic rings. The summed E-state index contributed by atoms with van der Waals surface area (Å²) in [6, 6.07) is 0. The van der Waals surface area contributed by atoms with Gasteiger partial charge in [-0.25, -0.2) is 0 Å². The lowest BCUT2D eigenvalue weighted by molar-refractivity contribution is -0.167. The van der Waals surface area contributed by atoms with Crippen LogP contribution in [0.3, 0.4) is 0 Å². The van der Waals surface area contributed by atoms with Crippen LogP contribution in [0.5, 0.6) is 0 Å². The van der Waals surface area contributed by atoms with Crippen LogP contribution in [-0.4, -0.2) is 37.2 Å². The Morgan fingerprint density at radius 1 is 0.328 bits per heavy atom. The number of hydrogen-bond donors (Lipinski definition) is 0. The highest BCUT2D eigenvalue weighted by Crippen LogP contribution is 2.14. The van der Waals surface area contributed by atoms with Crippen LogP contribution < -0.4 is 0 Å². The van der Waals surface area contributed by atoms with E-state index >= 15 is 0 Å². The first kappa shape index (κ1) is 58.1. The quantitative estimate of drug-likeness (QED) is 0.0200. The van der Waals surface area contributed by atoms with Crippen LogP contribution in [0.2, 0.25) is 0 Å². The zero-order chi connectivity index (χ0) is 44.4. The molecule has 0 spiro atoms. The minimum atomic E-state index is -0.793. The van der Waals surface area contributed by atoms with Crippen molar-refractivity contribution in [3.8, 4) is 0 Å². The molecule has 0 amide bonds. The summed E-state index contributed by atoms with van der Waals surface area (Å²) in [6.45, 7) is 6.54. The van der Waals surface area contributed by atoms with E-state index in [9.17, 15) is 14.4 Å². The summed E-state index contributed by atoms with van der Waals surface area (Å²) in [4.78, 5) is 37.9. The number of carbonyl (C=O) groups excluding carboxylic acids is 3. The molecule has 0 aromatic heterocycles. The van der Waals surface area contributed by atoms with Gasteiger partial charge < -0.3 is 14.2 Å². The van der Waals surface area contributed by atoms with Crippen molar-refractivity contribution in [2.24, 2.45) is 0 Å². The second-order valence-corrected chi connectivity index (χ2v) is 17.1. The van der Waals surface area contributed by atoms with Gasteiger partial charge in [-0.1, -0.05) is 197 Å². The number of esters is 3. The molecule has 0 saturated heterocycles. The molecule has 0 radical (unpaired) electrons. The number of allylic oxidation sites excluding steroid dienone is 10. The Hall–Kier alpha value is -2.89. The van der Waals surface area contributed by atoms with E-state index < -0.39 is 6.10 Å². The van der Waals surface area contributed by atoms with E-state index in [1.54, 1.807) is 0 Å². The van der Waals surface area contributed by atoms with E-state index in [1.165, 1.54) is 122 Å². The molecule has 0 bridgehead atoms. The summed E-state index contributed by atoms with van der Waals surface area (Å²) in [5.41, 5.74) is 0. The molecule has 0 N–H and O–H groups in total. The van der Waals surface area contributed by atoms with Crippen LogP contribution in [0.4, 0.5) is 0 Å². The third kappa shape index (κ3) is 48.0. The van der Waals surface area contributed by atoms with Gasteiger partial charge in [0, 0.05) is 19.3 Å². The molecular formula is C55H96O6. The Morgan fingerprint density at radius 3 is 0.967 bits per heavy atom. The minimum absolute atomic E-state index is 0.0919. The Bertz CT molecular complexity index is 1120. The van der Waals surface area contributed by atoms with E-state index in [4.69, 9.17) is 14.2 Å². The Labute approximate surface area is 377 Å². The normalized spacial score (nSPS) is 12.5. The van der Waals surface area contributed by atoms with Crippen LogP contribution >= 0.6 is 0 Å². The summed E-state index contributed by atoms with van der Waals surface area (Å²) in [6.07, 6.45) is 60.6. The second-order valence-electron chi connectivity index (χ2n) is 17.1. The second kappa shape index (κ2) is 49.8. The zero-order valence-electron chi connectivity index (χ0n) is 40.2. The van der Waals surface area contributed by atoms with Gasteiger partial charge in [0.25, 0.3) is 0 Å². The van der Waals surface area contributed by atoms with E-state index in [-0.39, 0.29) is 31.1 Å². The monoisotopic (exact) mass is 853 g/mol. The topological polar surface area (TPSA) is 78.9 Å². The molecule has 0 rings (SSSR count). The maximum atomic E-state index is 12.8. The molecular weight excluding hydrogens is 757 g/mol. The number of rotatable bonds is 46. The molecule has 0 aromatic carbocycles. The summed E-state index contributed by atoms with van der Waals surface area (Å²) in [7, 11) is 0. The molecule has 352 valence electrons. The van der Waals surface area contributed by atoms with E-state index in [1.807, 2.05) is 0 Å². The lowest BCUT2D eigenvalue weighted by Gasteiger charge is -2.18. The van der Waals surface area contributed by atoms with E-state index in [2.05, 4.69) is 81.5 Å². The van der Waals surface area contributed by atoms with Crippen molar-refractivity contribution in [3.05, 3.63) is 60.8 Å². The van der Waals surface area contributed by atoms with Crippen molar-refractivity contribution in [1.29, 1.82) is 0 Å². The molecule has 61 heavy (non-hydrogen) atoms. The van der Waals surface area contributed by atoms with Crippen molar-refractivity contribution in [2.45, 2.75) is 258 Å². The Kier molecular flexibility index (Phi) is 47.4. The van der Waals surface area contributed by atoms with Gasteiger partial charge in [-0.3, -0.25) is 14.4 Å². The van der Waals surface area contributed by atoms with Crippen molar-refractivity contribution in [2.75, 3.05) is 13.2 Å². The molecule has 0 heterocycles. The number of ether oxygens (including phenoxy) is 3. The Balaban J connectivity index is 4.45. The fourth-order valence-electron chi connectivity index (χ4n) is 7.06. The Morgan fingerprint density at radius 2 is 0.590 bits per heavy atom. The molecule has 6 heteroatoms. The van der Waals surface area contributed by atoms with Gasteiger partial charge in [0.15, 0.2) is 6.10 Å². The van der Waals surface area contributed by atoms with E-state index in [0.717, 1.165) is 89.9 Å². The van der Waals surface area contributed by atoms with Crippen molar-refractivity contribution < 1.29 is 28.6 Å². The summed E-state index contributed by atoms with van der Waals surface area (Å²) in [5, 5.41) is 0. The maximum Gasteiger partial charge on any atom is 0.306 e. The number of unbranched alkanes of at least 4 members (excludes halogenated alkanes) is 27. The van der Waals surface area contributed by atoms with Crippen LogP contribution in [0.15, 0.2) is 60.8 Å². The van der Waals surface area contributed by atoms with Gasteiger partial charge in [0.2, 0.25) is 0 Å². The number of hydrogen-bond acceptors (Lipinski definition) is 6. The maximum absolute atomic E-state index is 12.8. The smallest absolute Gasteiger partial charge is 0.306 e. The molecule has 0 aliphatic carbocycles. The molecule has 0 saturated carbocycles. The highest BCUT2D eigenvalue weighted by atomic mass is 16.6. The van der Waals surface area contributed by atoms with Gasteiger partial charge in [0.05, 0.1) is 0 Å². The highest BCUT2D eigenvalue weighted by molar-refractivity contribution is 5.71. The average Bonchev–Trinajstić information content (AvgIpc) is 3.26. The molecule has 0 aromatic rings. The van der Waals surface area contributed by atoms with Gasteiger partial charge in [-0.05, 0) is 96.3 Å². The molecule has 6 nitrogen and oxygen atoms in total. The SMILES string of the molecule is CCCCC/C=C\C=C/CCCCCCCCC(=O)OC(COC(=O)CCCCC/C=C\C=C/CCCCCCCCC)COC(=O)CCCCCCC/C=C\CCCCC. The van der Waals surface area contributed by atoms with Gasteiger partial charge >= 0.3 is 17.9 Å². The third-order valence-electron chi connectivity index (χ3n) is 11.0. The lowest BCUT2D eigenvalue weighted by Crippen LogP contribution is -2.30. The first-order chi connectivity index (χ1) is 30.0. The largest absolute Gasteiger partial charge is 0.462 e. The van der Waals surface area contributed by atoms with Gasteiger partial charge in [0.1, 0.15) is 13.2 Å². The fraction of sp³-hybridized carbons (Fsp3) is 0.764. The first-order valence-electron chi connectivity index (χ1n) is 25.8. The lowest BCUT2D eigenvalue weighted by atomic mass is 10.1. The van der Waals surface area contributed by atoms with E-state index in [0.29, 0.717) is 19.3 Å². The van der Waals surface area contributed by atoms with Crippen molar-refractivity contribution in [3.63, 3.8) is 0 Å². The number of carbonyl (C=O) groups is 3. The standard InChI is InChI=1S/C55H96O6/c1-4-7-10-13-16-19-22-25-27-29-30-33-36-39-42-45-48-54(57)60-51-52(50-59-53(56)47-44-41-38-35-32-24-21-18-15-12-9-6-3)61-55(58)49-46-43-40-37-34-31-28-26-23-20-17-14-11-8-5-2/h17-18,20-21,23,26-27,29-30,33,52H,4-16,19,22,24-25,28,31-32,34-51H2,1-3H3/b20-17-,21-18-,26-23-,29-27-,33-30-. The highest BCUT2D eigenvalue weighted by Gasteiger charge is 2.19. The third-order valence-corrected chi connectivity index (χ3v) is 11.0. The predicted molar refractivity (Wildman–Crippen MR) is 261 cm³/mol. The fourth-order valence-corrected chi connectivity index (χ4v) is 7.06. The summed E-state index contributed by atoms with van der Waals surface area (Å²) >= 11 is 0. The van der Waals surface area contributed by atoms with Crippen molar-refractivity contribution >= 4 is 17.9 Å². The minimum Gasteiger partial charge on any atom is -0.462 e. The van der Waals surface area contributed by atoms with Crippen LogP contribution in [0, 0.1) is 0 Å². The summed E-state index contributed by atoms with van der Waals surface area (Å²) < 4.78 is 16.7. The first-order valence-corrected chi connectivity index (χ1v) is 25.8. The van der Waals surface area contributed by atoms with Gasteiger partial charge in [-0.2, -0.15) is 0 Å². The molecule has 0 fully saturated rings. The van der Waals surface area contributed by atoms with Gasteiger partial charge in [-0.15, -0.1) is 0 Å². The summed E-state index contributed by atoms with van der Waals surface area (Å²) in [5.74, 6) is -0.937. The average molecular weight is 853 g/mol. The predicted octanol–water partition coefficient (Wildman–Crippen LogP) is 16.9. The molecule has 1 unspecified atom stereocenters. The van der Waals surface area contributed by atoms with Crippen LogP contribution in [0.1, 0.15) is 252 Å². The van der Waals surface area contributed by atoms with Crippen molar-refractivity contribution in [1.82, 2.24) is 0 Å². The van der Waals surface area contributed by atoms with Crippen LogP contribution in [-0.2, 0) is 28.6 Å². The zero-order valence-corrected chi connectivity index (χ0v) is 40.2.